The van der Waals surface area contributed by atoms with Gasteiger partial charge in [-0.1, -0.05) is 23.7 Å². The highest BCUT2D eigenvalue weighted by Crippen LogP contribution is 2.32. The molecule has 1 fully saturated rings. The maximum atomic E-state index is 12.7. The molecule has 0 saturated carbocycles. The van der Waals surface area contributed by atoms with Crippen LogP contribution >= 0.6 is 23.4 Å². The molecule has 1 aliphatic rings. The van der Waals surface area contributed by atoms with E-state index in [0.717, 1.165) is 16.7 Å². The Bertz CT molecular complexity index is 1260. The van der Waals surface area contributed by atoms with Crippen LogP contribution in [0.15, 0.2) is 77.7 Å². The number of imide groups is 1. The van der Waals surface area contributed by atoms with Crippen LogP contribution in [0, 0.1) is 0 Å². The Labute approximate surface area is 211 Å². The van der Waals surface area contributed by atoms with Gasteiger partial charge >= 0.3 is 5.97 Å². The summed E-state index contributed by atoms with van der Waals surface area (Å²) in [4.78, 5) is 38.8. The van der Waals surface area contributed by atoms with Crippen molar-refractivity contribution in [1.29, 1.82) is 0 Å². The van der Waals surface area contributed by atoms with Crippen molar-refractivity contribution in [1.82, 2.24) is 4.90 Å². The van der Waals surface area contributed by atoms with Crippen molar-refractivity contribution >= 4 is 46.6 Å². The first-order chi connectivity index (χ1) is 16.9. The number of benzene rings is 3. The molecule has 0 aromatic heterocycles. The van der Waals surface area contributed by atoms with Crippen molar-refractivity contribution in [2.45, 2.75) is 0 Å². The second-order valence-corrected chi connectivity index (χ2v) is 8.75. The Morgan fingerprint density at radius 3 is 2.20 bits per heavy atom. The van der Waals surface area contributed by atoms with E-state index < -0.39 is 5.97 Å². The third-order valence-electron chi connectivity index (χ3n) is 4.98. The molecular formula is C26H20ClNO6S. The summed E-state index contributed by atoms with van der Waals surface area (Å²) >= 11 is 6.72. The Balaban J connectivity index is 1.33. The first-order valence-corrected chi connectivity index (χ1v) is 11.7. The number of amides is 2. The van der Waals surface area contributed by atoms with Gasteiger partial charge in [-0.25, -0.2) is 4.79 Å². The fourth-order valence-corrected chi connectivity index (χ4v) is 4.15. The minimum Gasteiger partial charge on any atom is -0.497 e. The summed E-state index contributed by atoms with van der Waals surface area (Å²) in [5, 5.41) is 0.239. The summed E-state index contributed by atoms with van der Waals surface area (Å²) in [5.74, 6) is 0.724. The zero-order valence-electron chi connectivity index (χ0n) is 18.6. The largest absolute Gasteiger partial charge is 0.497 e. The van der Waals surface area contributed by atoms with E-state index >= 15 is 0 Å². The van der Waals surface area contributed by atoms with Gasteiger partial charge in [0, 0.05) is 5.02 Å². The molecule has 3 aromatic rings. The van der Waals surface area contributed by atoms with Crippen LogP contribution in [0.4, 0.5) is 4.79 Å². The SMILES string of the molecule is COc1ccc(C(=O)Oc2ccc(/C=C3\SC(=O)N(CCOc4ccc(Cl)cc4)C3=O)cc2)cc1. The van der Waals surface area contributed by atoms with Crippen molar-refractivity contribution in [2.24, 2.45) is 0 Å². The molecule has 0 bridgehead atoms. The van der Waals surface area contributed by atoms with E-state index in [-0.39, 0.29) is 24.3 Å². The average Bonchev–Trinajstić information content (AvgIpc) is 3.13. The Morgan fingerprint density at radius 2 is 1.54 bits per heavy atom. The van der Waals surface area contributed by atoms with Crippen LogP contribution in [0.1, 0.15) is 15.9 Å². The number of ether oxygens (including phenoxy) is 3. The first-order valence-electron chi connectivity index (χ1n) is 10.5. The Morgan fingerprint density at radius 1 is 0.914 bits per heavy atom. The van der Waals surface area contributed by atoms with E-state index in [4.69, 9.17) is 25.8 Å². The normalized spacial score (nSPS) is 14.3. The molecule has 0 unspecified atom stereocenters. The van der Waals surface area contributed by atoms with Crippen LogP contribution in [0.5, 0.6) is 17.2 Å². The van der Waals surface area contributed by atoms with Gasteiger partial charge in [0.25, 0.3) is 11.1 Å². The van der Waals surface area contributed by atoms with Gasteiger partial charge in [-0.05, 0) is 84.1 Å². The molecular weight excluding hydrogens is 490 g/mol. The first kappa shape index (κ1) is 24.4. The molecule has 1 saturated heterocycles. The summed E-state index contributed by atoms with van der Waals surface area (Å²) in [6, 6.07) is 20.1. The van der Waals surface area contributed by atoms with Crippen LogP contribution in [-0.4, -0.2) is 42.3 Å². The molecule has 0 spiro atoms. The number of carbonyl (C=O) groups excluding carboxylic acids is 3. The van der Waals surface area contributed by atoms with E-state index in [1.165, 1.54) is 0 Å². The van der Waals surface area contributed by atoms with E-state index in [9.17, 15) is 14.4 Å². The summed E-state index contributed by atoms with van der Waals surface area (Å²) in [5.41, 5.74) is 1.08. The number of thioether (sulfide) groups is 1. The second kappa shape index (κ2) is 11.1. The third-order valence-corrected chi connectivity index (χ3v) is 6.14. The molecule has 4 rings (SSSR count). The summed E-state index contributed by atoms with van der Waals surface area (Å²) in [6.45, 7) is 0.298. The number of nitrogens with zero attached hydrogens (tertiary/aromatic N) is 1. The van der Waals surface area contributed by atoms with Crippen molar-refractivity contribution in [3.05, 3.63) is 93.9 Å². The zero-order valence-corrected chi connectivity index (χ0v) is 20.2. The van der Waals surface area contributed by atoms with Gasteiger partial charge in [-0.2, -0.15) is 0 Å². The van der Waals surface area contributed by atoms with Crippen molar-refractivity contribution in [3.63, 3.8) is 0 Å². The highest BCUT2D eigenvalue weighted by Gasteiger charge is 2.34. The van der Waals surface area contributed by atoms with Crippen LogP contribution in [0.2, 0.25) is 5.02 Å². The molecule has 9 heteroatoms. The number of esters is 1. The van der Waals surface area contributed by atoms with Crippen molar-refractivity contribution < 1.29 is 28.6 Å². The van der Waals surface area contributed by atoms with Gasteiger partial charge in [-0.15, -0.1) is 0 Å². The molecule has 1 heterocycles. The van der Waals surface area contributed by atoms with E-state index in [2.05, 4.69) is 0 Å². The molecule has 0 atom stereocenters. The van der Waals surface area contributed by atoms with Gasteiger partial charge in [0.2, 0.25) is 0 Å². The van der Waals surface area contributed by atoms with Gasteiger partial charge in [-0.3, -0.25) is 14.5 Å². The highest BCUT2D eigenvalue weighted by molar-refractivity contribution is 8.18. The number of hydrogen-bond donors (Lipinski definition) is 0. The predicted molar refractivity (Wildman–Crippen MR) is 134 cm³/mol. The summed E-state index contributed by atoms with van der Waals surface area (Å²) in [6.07, 6.45) is 1.63. The summed E-state index contributed by atoms with van der Waals surface area (Å²) < 4.78 is 16.0. The number of rotatable bonds is 8. The number of carbonyl (C=O) groups is 3. The smallest absolute Gasteiger partial charge is 0.343 e. The van der Waals surface area contributed by atoms with Gasteiger partial charge < -0.3 is 14.2 Å². The van der Waals surface area contributed by atoms with Gasteiger partial charge in [0.1, 0.15) is 23.9 Å². The molecule has 3 aromatic carbocycles. The molecule has 0 aliphatic carbocycles. The van der Waals surface area contributed by atoms with Crippen LogP contribution in [-0.2, 0) is 4.79 Å². The second-order valence-electron chi connectivity index (χ2n) is 7.32. The van der Waals surface area contributed by atoms with Crippen LogP contribution < -0.4 is 14.2 Å². The maximum absolute atomic E-state index is 12.7. The Hall–Kier alpha value is -3.75. The monoisotopic (exact) mass is 509 g/mol. The number of halogens is 1. The molecule has 2 amide bonds. The number of methoxy groups -OCH3 is 1. The molecule has 178 valence electrons. The fraction of sp³-hybridized carbons (Fsp3) is 0.115. The standard InChI is InChI=1S/C26H20ClNO6S/c1-32-20-10-4-18(5-11-20)25(30)34-22-8-2-17(3-9-22)16-23-24(29)28(26(31)35-23)14-15-33-21-12-6-19(27)7-13-21/h2-13,16H,14-15H2,1H3/b23-16-. The number of hydrogen-bond acceptors (Lipinski definition) is 7. The molecule has 7 nitrogen and oxygen atoms in total. The minimum atomic E-state index is -0.498. The lowest BCUT2D eigenvalue weighted by atomic mass is 10.2. The lowest BCUT2D eigenvalue weighted by molar-refractivity contribution is -0.123. The van der Waals surface area contributed by atoms with Crippen LogP contribution in [0.3, 0.4) is 0 Å². The fourth-order valence-electron chi connectivity index (χ4n) is 3.15. The molecule has 0 N–H and O–H groups in total. The van der Waals surface area contributed by atoms with Gasteiger partial charge in [0.05, 0.1) is 24.1 Å². The van der Waals surface area contributed by atoms with E-state index in [1.807, 2.05) is 0 Å². The topological polar surface area (TPSA) is 82.1 Å². The third kappa shape index (κ3) is 6.23. The predicted octanol–water partition coefficient (Wildman–Crippen LogP) is 5.68. The minimum absolute atomic E-state index is 0.130. The highest BCUT2D eigenvalue weighted by atomic mass is 35.5. The van der Waals surface area contributed by atoms with Crippen molar-refractivity contribution in [3.8, 4) is 17.2 Å². The zero-order chi connectivity index (χ0) is 24.8. The average molecular weight is 510 g/mol. The maximum Gasteiger partial charge on any atom is 0.343 e. The van der Waals surface area contributed by atoms with E-state index in [0.29, 0.717) is 38.3 Å². The van der Waals surface area contributed by atoms with Crippen LogP contribution in [0.25, 0.3) is 6.08 Å². The van der Waals surface area contributed by atoms with Crippen molar-refractivity contribution in [2.75, 3.05) is 20.3 Å². The summed E-state index contributed by atoms with van der Waals surface area (Å²) in [7, 11) is 1.55. The Kier molecular flexibility index (Phi) is 7.74. The van der Waals surface area contributed by atoms with E-state index in [1.54, 1.807) is 86.0 Å². The lowest BCUT2D eigenvalue weighted by Gasteiger charge is -2.13. The molecule has 1 aliphatic heterocycles. The molecule has 35 heavy (non-hydrogen) atoms. The molecule has 0 radical (unpaired) electrons. The lowest BCUT2D eigenvalue weighted by Crippen LogP contribution is -2.32. The van der Waals surface area contributed by atoms with Gasteiger partial charge in [0.15, 0.2) is 0 Å². The quantitative estimate of drug-likeness (QED) is 0.219.